The minimum Gasteiger partial charge on any atom is -0.481 e. The van der Waals surface area contributed by atoms with Crippen LogP contribution in [0.3, 0.4) is 0 Å². The fourth-order valence-electron chi connectivity index (χ4n) is 1.74. The van der Waals surface area contributed by atoms with E-state index < -0.39 is 16.0 Å². The van der Waals surface area contributed by atoms with Crippen molar-refractivity contribution in [1.29, 1.82) is 0 Å². The van der Waals surface area contributed by atoms with Crippen molar-refractivity contribution in [2.24, 2.45) is 0 Å². The van der Waals surface area contributed by atoms with Gasteiger partial charge in [0.2, 0.25) is 10.0 Å². The highest BCUT2D eigenvalue weighted by Gasteiger charge is 2.25. The van der Waals surface area contributed by atoms with Gasteiger partial charge in [-0.25, -0.2) is 8.42 Å². The summed E-state index contributed by atoms with van der Waals surface area (Å²) >= 11 is 0. The molecule has 1 heterocycles. The van der Waals surface area contributed by atoms with Crippen molar-refractivity contribution in [2.75, 3.05) is 25.4 Å². The minimum absolute atomic E-state index is 0.105. The van der Waals surface area contributed by atoms with Crippen LogP contribution in [0.4, 0.5) is 0 Å². The lowest BCUT2D eigenvalue weighted by atomic mass is 10.3. The summed E-state index contributed by atoms with van der Waals surface area (Å²) < 4.78 is 30.7. The van der Waals surface area contributed by atoms with Gasteiger partial charge in [-0.1, -0.05) is 0 Å². The van der Waals surface area contributed by atoms with E-state index in [2.05, 4.69) is 0 Å². The van der Waals surface area contributed by atoms with E-state index in [9.17, 15) is 13.2 Å². The fourth-order valence-corrected chi connectivity index (χ4v) is 3.36. The third kappa shape index (κ3) is 5.01. The summed E-state index contributed by atoms with van der Waals surface area (Å²) in [6.07, 6.45) is 0.622. The summed E-state index contributed by atoms with van der Waals surface area (Å²) in [6, 6.07) is 0. The van der Waals surface area contributed by atoms with Gasteiger partial charge >= 0.3 is 5.97 Å². The molecule has 100 valence electrons. The van der Waals surface area contributed by atoms with Gasteiger partial charge in [0.05, 0.1) is 11.9 Å². The molecule has 1 N–H and O–H groups in total. The van der Waals surface area contributed by atoms with E-state index in [1.54, 1.807) is 0 Å². The summed E-state index contributed by atoms with van der Waals surface area (Å²) in [4.78, 5) is 10.3. The van der Waals surface area contributed by atoms with E-state index in [-0.39, 0.29) is 24.7 Å². The first-order chi connectivity index (χ1) is 7.92. The number of hydrogen-bond acceptors (Lipinski definition) is 4. The van der Waals surface area contributed by atoms with Crippen LogP contribution in [0.5, 0.6) is 0 Å². The standard InChI is InChI=1S/C10H19NO5S/c1-9-8-11(5-3-6-16-9)17(14,15)7-2-4-10(12)13/h9H,2-8H2,1H3,(H,12,13). The van der Waals surface area contributed by atoms with E-state index >= 15 is 0 Å². The van der Waals surface area contributed by atoms with Crippen molar-refractivity contribution < 1.29 is 23.1 Å². The van der Waals surface area contributed by atoms with Crippen molar-refractivity contribution in [3.63, 3.8) is 0 Å². The zero-order valence-corrected chi connectivity index (χ0v) is 10.8. The Labute approximate surface area is 102 Å². The van der Waals surface area contributed by atoms with Crippen LogP contribution < -0.4 is 0 Å². The topological polar surface area (TPSA) is 83.9 Å². The van der Waals surface area contributed by atoms with Crippen LogP contribution in [-0.2, 0) is 19.6 Å². The number of nitrogens with zero attached hydrogens (tertiary/aromatic N) is 1. The number of carboxylic acids is 1. The van der Waals surface area contributed by atoms with E-state index in [1.165, 1.54) is 4.31 Å². The minimum atomic E-state index is -3.35. The first-order valence-electron chi connectivity index (χ1n) is 5.73. The normalized spacial score (nSPS) is 23.2. The molecule has 17 heavy (non-hydrogen) atoms. The van der Waals surface area contributed by atoms with Crippen LogP contribution in [0.25, 0.3) is 0 Å². The van der Waals surface area contributed by atoms with Gasteiger partial charge in [-0.05, 0) is 19.8 Å². The first-order valence-corrected chi connectivity index (χ1v) is 7.34. The molecule has 1 unspecified atom stereocenters. The molecular formula is C10H19NO5S. The van der Waals surface area contributed by atoms with Gasteiger partial charge in [0.25, 0.3) is 0 Å². The molecule has 0 amide bonds. The maximum atomic E-state index is 11.9. The van der Waals surface area contributed by atoms with Crippen LogP contribution in [0.2, 0.25) is 0 Å². The number of rotatable bonds is 5. The Kier molecular flexibility index (Phi) is 5.35. The van der Waals surface area contributed by atoms with E-state index in [0.29, 0.717) is 26.1 Å². The predicted molar refractivity (Wildman–Crippen MR) is 62.3 cm³/mol. The lowest BCUT2D eigenvalue weighted by Gasteiger charge is -2.21. The molecule has 1 rings (SSSR count). The molecule has 0 aromatic carbocycles. The van der Waals surface area contributed by atoms with Gasteiger partial charge in [-0.15, -0.1) is 0 Å². The second-order valence-corrected chi connectivity index (χ2v) is 6.29. The van der Waals surface area contributed by atoms with Gasteiger partial charge in [0.15, 0.2) is 0 Å². The van der Waals surface area contributed by atoms with E-state index in [0.717, 1.165) is 0 Å². The highest BCUT2D eigenvalue weighted by Crippen LogP contribution is 2.12. The smallest absolute Gasteiger partial charge is 0.303 e. The fraction of sp³-hybridized carbons (Fsp3) is 0.900. The Bertz CT molecular complexity index is 354. The molecule has 0 aromatic heterocycles. The van der Waals surface area contributed by atoms with Gasteiger partial charge in [0, 0.05) is 26.1 Å². The van der Waals surface area contributed by atoms with E-state index in [1.807, 2.05) is 6.92 Å². The number of sulfonamides is 1. The highest BCUT2D eigenvalue weighted by atomic mass is 32.2. The SMILES string of the molecule is CC1CN(S(=O)(=O)CCCC(=O)O)CCCO1. The van der Waals surface area contributed by atoms with Gasteiger partial charge in [-0.2, -0.15) is 4.31 Å². The Morgan fingerprint density at radius 3 is 2.88 bits per heavy atom. The van der Waals surface area contributed by atoms with Crippen molar-refractivity contribution in [2.45, 2.75) is 32.3 Å². The summed E-state index contributed by atoms with van der Waals surface area (Å²) in [5.41, 5.74) is 0. The van der Waals surface area contributed by atoms with Gasteiger partial charge in [-0.3, -0.25) is 4.79 Å². The quantitative estimate of drug-likeness (QED) is 0.772. The molecule has 0 aliphatic carbocycles. The molecule has 1 saturated heterocycles. The summed E-state index contributed by atoms with van der Waals surface area (Å²) in [5.74, 6) is -1.07. The highest BCUT2D eigenvalue weighted by molar-refractivity contribution is 7.89. The van der Waals surface area contributed by atoms with Crippen molar-refractivity contribution in [3.05, 3.63) is 0 Å². The second kappa shape index (κ2) is 6.32. The molecule has 0 radical (unpaired) electrons. The summed E-state index contributed by atoms with van der Waals surface area (Å²) in [7, 11) is -3.35. The molecule has 1 aliphatic rings. The molecule has 1 atom stereocenters. The maximum absolute atomic E-state index is 11.9. The number of aliphatic carboxylic acids is 1. The summed E-state index contributed by atoms with van der Waals surface area (Å²) in [5, 5.41) is 8.48. The number of hydrogen-bond donors (Lipinski definition) is 1. The maximum Gasteiger partial charge on any atom is 0.303 e. The predicted octanol–water partition coefficient (Wildman–Crippen LogP) is 0.292. The van der Waals surface area contributed by atoms with Crippen LogP contribution in [-0.4, -0.2) is 55.4 Å². The van der Waals surface area contributed by atoms with Crippen molar-refractivity contribution in [3.8, 4) is 0 Å². The number of carbonyl (C=O) groups is 1. The Hall–Kier alpha value is -0.660. The molecule has 1 aliphatic heterocycles. The largest absolute Gasteiger partial charge is 0.481 e. The first kappa shape index (κ1) is 14.4. The summed E-state index contributed by atoms with van der Waals surface area (Å²) in [6.45, 7) is 3.22. The van der Waals surface area contributed by atoms with Crippen LogP contribution in [0, 0.1) is 0 Å². The third-order valence-electron chi connectivity index (χ3n) is 2.60. The van der Waals surface area contributed by atoms with E-state index in [4.69, 9.17) is 9.84 Å². The average Bonchev–Trinajstić information content (AvgIpc) is 2.42. The van der Waals surface area contributed by atoms with Crippen LogP contribution >= 0.6 is 0 Å². The lowest BCUT2D eigenvalue weighted by molar-refractivity contribution is -0.137. The molecule has 7 heteroatoms. The average molecular weight is 265 g/mol. The van der Waals surface area contributed by atoms with Crippen molar-refractivity contribution >= 4 is 16.0 Å². The molecule has 0 spiro atoms. The van der Waals surface area contributed by atoms with Gasteiger partial charge < -0.3 is 9.84 Å². The van der Waals surface area contributed by atoms with Crippen LogP contribution in [0.1, 0.15) is 26.2 Å². The number of carboxylic acid groups (broad SMARTS) is 1. The molecule has 0 saturated carbocycles. The molecule has 0 bridgehead atoms. The zero-order chi connectivity index (χ0) is 12.9. The molecule has 6 nitrogen and oxygen atoms in total. The second-order valence-electron chi connectivity index (χ2n) is 4.21. The molecule has 0 aromatic rings. The molecular weight excluding hydrogens is 246 g/mol. The Balaban J connectivity index is 2.52. The lowest BCUT2D eigenvalue weighted by Crippen LogP contribution is -2.37. The Morgan fingerprint density at radius 1 is 1.53 bits per heavy atom. The zero-order valence-electron chi connectivity index (χ0n) is 9.96. The monoisotopic (exact) mass is 265 g/mol. The Morgan fingerprint density at radius 2 is 2.24 bits per heavy atom. The van der Waals surface area contributed by atoms with Crippen molar-refractivity contribution in [1.82, 2.24) is 4.31 Å². The van der Waals surface area contributed by atoms with Crippen LogP contribution in [0.15, 0.2) is 0 Å². The van der Waals surface area contributed by atoms with Gasteiger partial charge in [0.1, 0.15) is 0 Å². The third-order valence-corrected chi connectivity index (χ3v) is 4.52. The molecule has 1 fully saturated rings. The number of ether oxygens (including phenoxy) is 1.